The van der Waals surface area contributed by atoms with Crippen molar-refractivity contribution in [3.63, 3.8) is 0 Å². The number of carbonyl (C=O) groups excluding carboxylic acids is 1. The van der Waals surface area contributed by atoms with Crippen LogP contribution >= 0.6 is 0 Å². The number of ether oxygens (including phenoxy) is 1. The van der Waals surface area contributed by atoms with Crippen LogP contribution in [-0.2, 0) is 4.79 Å². The summed E-state index contributed by atoms with van der Waals surface area (Å²) >= 11 is 0. The largest absolute Gasteiger partial charge is 0.508 e. The second kappa shape index (κ2) is 6.01. The van der Waals surface area contributed by atoms with Gasteiger partial charge >= 0.3 is 0 Å². The number of hydrogen-bond donors (Lipinski definition) is 2. The normalized spacial score (nSPS) is 10.1. The van der Waals surface area contributed by atoms with Crippen LogP contribution in [0, 0.1) is 11.6 Å². The van der Waals surface area contributed by atoms with Crippen LogP contribution in [0.15, 0.2) is 42.5 Å². The number of anilines is 1. The number of carbonyl (C=O) groups is 1. The quantitative estimate of drug-likeness (QED) is 0.904. The van der Waals surface area contributed by atoms with Gasteiger partial charge in [0.15, 0.2) is 6.61 Å². The van der Waals surface area contributed by atoms with Gasteiger partial charge in [-0.05, 0) is 12.1 Å². The molecule has 2 N–H and O–H groups in total. The van der Waals surface area contributed by atoms with Crippen molar-refractivity contribution in [1.29, 1.82) is 0 Å². The molecule has 0 fully saturated rings. The van der Waals surface area contributed by atoms with Gasteiger partial charge in [-0.3, -0.25) is 4.79 Å². The zero-order valence-corrected chi connectivity index (χ0v) is 10.3. The first-order chi connectivity index (χ1) is 9.52. The van der Waals surface area contributed by atoms with Crippen LogP contribution in [0.4, 0.5) is 14.5 Å². The summed E-state index contributed by atoms with van der Waals surface area (Å²) in [6.07, 6.45) is 0. The Bertz CT molecular complexity index is 611. The molecule has 2 aromatic carbocycles. The van der Waals surface area contributed by atoms with Gasteiger partial charge in [0.25, 0.3) is 5.91 Å². The molecule has 0 heterocycles. The first-order valence-corrected chi connectivity index (χ1v) is 5.71. The molecule has 0 aliphatic carbocycles. The summed E-state index contributed by atoms with van der Waals surface area (Å²) in [5.41, 5.74) is 0.393. The Hall–Kier alpha value is -2.63. The minimum atomic E-state index is -0.784. The Balaban J connectivity index is 1.92. The van der Waals surface area contributed by atoms with Crippen LogP contribution < -0.4 is 10.1 Å². The highest BCUT2D eigenvalue weighted by Gasteiger charge is 2.06. The summed E-state index contributed by atoms with van der Waals surface area (Å²) in [5, 5.41) is 11.7. The van der Waals surface area contributed by atoms with Crippen molar-refractivity contribution in [2.75, 3.05) is 11.9 Å². The summed E-state index contributed by atoms with van der Waals surface area (Å²) in [6.45, 7) is -0.404. The fraction of sp³-hybridized carbons (Fsp3) is 0.0714. The third-order valence-electron chi connectivity index (χ3n) is 2.34. The zero-order valence-electron chi connectivity index (χ0n) is 10.3. The molecule has 20 heavy (non-hydrogen) atoms. The van der Waals surface area contributed by atoms with E-state index >= 15 is 0 Å². The lowest BCUT2D eigenvalue weighted by molar-refractivity contribution is -0.118. The second-order valence-electron chi connectivity index (χ2n) is 3.99. The first-order valence-electron chi connectivity index (χ1n) is 5.71. The van der Waals surface area contributed by atoms with Crippen molar-refractivity contribution >= 4 is 11.6 Å². The average molecular weight is 279 g/mol. The highest BCUT2D eigenvalue weighted by atomic mass is 19.1. The number of phenols is 1. The van der Waals surface area contributed by atoms with Crippen LogP contribution in [0.2, 0.25) is 0 Å². The Morgan fingerprint density at radius 3 is 2.50 bits per heavy atom. The first kappa shape index (κ1) is 13.8. The van der Waals surface area contributed by atoms with E-state index in [1.807, 2.05) is 0 Å². The highest BCUT2D eigenvalue weighted by molar-refractivity contribution is 5.92. The lowest BCUT2D eigenvalue weighted by atomic mass is 10.3. The van der Waals surface area contributed by atoms with E-state index in [4.69, 9.17) is 4.74 Å². The van der Waals surface area contributed by atoms with Gasteiger partial charge in [0.2, 0.25) is 0 Å². The molecule has 0 saturated carbocycles. The van der Waals surface area contributed by atoms with Crippen molar-refractivity contribution < 1.29 is 23.4 Å². The molecule has 6 heteroatoms. The maximum absolute atomic E-state index is 12.9. The molecule has 4 nitrogen and oxygen atoms in total. The van der Waals surface area contributed by atoms with Gasteiger partial charge in [0, 0.05) is 30.0 Å². The SMILES string of the molecule is O=C(COc1cc(F)cc(F)c1)Nc1cccc(O)c1. The molecule has 2 rings (SSSR count). The fourth-order valence-corrected chi connectivity index (χ4v) is 1.54. The Morgan fingerprint density at radius 2 is 1.85 bits per heavy atom. The van der Waals surface area contributed by atoms with Crippen LogP contribution in [-0.4, -0.2) is 17.6 Å². The van der Waals surface area contributed by atoms with E-state index in [9.17, 15) is 18.7 Å². The molecule has 0 radical (unpaired) electrons. The van der Waals surface area contributed by atoms with Gasteiger partial charge in [0.1, 0.15) is 23.1 Å². The molecule has 0 unspecified atom stereocenters. The van der Waals surface area contributed by atoms with Gasteiger partial charge in [-0.15, -0.1) is 0 Å². The van der Waals surface area contributed by atoms with E-state index in [-0.39, 0.29) is 11.5 Å². The summed E-state index contributed by atoms with van der Waals surface area (Å²) in [4.78, 5) is 11.6. The molecule has 0 spiro atoms. The van der Waals surface area contributed by atoms with Crippen molar-refractivity contribution in [3.8, 4) is 11.5 Å². The van der Waals surface area contributed by atoms with E-state index in [1.54, 1.807) is 12.1 Å². The van der Waals surface area contributed by atoms with E-state index in [0.717, 1.165) is 12.1 Å². The van der Waals surface area contributed by atoms with E-state index < -0.39 is 24.1 Å². The average Bonchev–Trinajstić information content (AvgIpc) is 2.35. The predicted octanol–water partition coefficient (Wildman–Crippen LogP) is 2.69. The number of halogens is 2. The minimum Gasteiger partial charge on any atom is -0.508 e. The van der Waals surface area contributed by atoms with Crippen molar-refractivity contribution in [2.45, 2.75) is 0 Å². The van der Waals surface area contributed by atoms with Crippen LogP contribution in [0.25, 0.3) is 0 Å². The summed E-state index contributed by atoms with van der Waals surface area (Å²) in [5.74, 6) is -2.15. The Kier molecular flexibility index (Phi) is 4.14. The van der Waals surface area contributed by atoms with Gasteiger partial charge in [0.05, 0.1) is 0 Å². The number of hydrogen-bond acceptors (Lipinski definition) is 3. The Labute approximate surface area is 113 Å². The second-order valence-corrected chi connectivity index (χ2v) is 3.99. The van der Waals surface area contributed by atoms with Crippen molar-refractivity contribution in [1.82, 2.24) is 0 Å². The highest BCUT2D eigenvalue weighted by Crippen LogP contribution is 2.17. The lowest BCUT2D eigenvalue weighted by Gasteiger charge is -2.08. The summed E-state index contributed by atoms with van der Waals surface area (Å²) in [6, 6.07) is 8.63. The number of aromatic hydroxyl groups is 1. The monoisotopic (exact) mass is 279 g/mol. The number of rotatable bonds is 4. The van der Waals surface area contributed by atoms with Crippen LogP contribution in [0.3, 0.4) is 0 Å². The van der Waals surface area contributed by atoms with Crippen molar-refractivity contribution in [3.05, 3.63) is 54.1 Å². The van der Waals surface area contributed by atoms with Gasteiger partial charge < -0.3 is 15.2 Å². The number of benzene rings is 2. The summed E-state index contributed by atoms with van der Waals surface area (Å²) < 4.78 is 30.8. The van der Waals surface area contributed by atoms with E-state index in [1.165, 1.54) is 12.1 Å². The van der Waals surface area contributed by atoms with Gasteiger partial charge in [-0.1, -0.05) is 6.07 Å². The maximum Gasteiger partial charge on any atom is 0.262 e. The third kappa shape index (κ3) is 3.94. The zero-order chi connectivity index (χ0) is 14.5. The standard InChI is InChI=1S/C14H11F2NO3/c15-9-4-10(16)6-13(5-9)20-8-14(19)17-11-2-1-3-12(18)7-11/h1-7,18H,8H2,(H,17,19). The maximum atomic E-state index is 12.9. The minimum absolute atomic E-state index is 0.0101. The van der Waals surface area contributed by atoms with Crippen LogP contribution in [0.1, 0.15) is 0 Å². The van der Waals surface area contributed by atoms with Crippen LogP contribution in [0.5, 0.6) is 11.5 Å². The molecule has 0 atom stereocenters. The number of amides is 1. The molecule has 0 aliphatic heterocycles. The molecule has 0 bridgehead atoms. The molecular formula is C14H11F2NO3. The van der Waals surface area contributed by atoms with Gasteiger partial charge in [-0.2, -0.15) is 0 Å². The topological polar surface area (TPSA) is 58.6 Å². The van der Waals surface area contributed by atoms with Crippen molar-refractivity contribution in [2.24, 2.45) is 0 Å². The smallest absolute Gasteiger partial charge is 0.262 e. The number of nitrogens with one attached hydrogen (secondary N) is 1. The molecule has 0 aliphatic rings. The molecule has 1 amide bonds. The lowest BCUT2D eigenvalue weighted by Crippen LogP contribution is -2.20. The van der Waals surface area contributed by atoms with E-state index in [0.29, 0.717) is 11.8 Å². The molecule has 0 saturated heterocycles. The molecule has 104 valence electrons. The predicted molar refractivity (Wildman–Crippen MR) is 68.6 cm³/mol. The number of phenolic OH excluding ortho intramolecular Hbond substituents is 1. The Morgan fingerprint density at radius 1 is 1.15 bits per heavy atom. The fourth-order valence-electron chi connectivity index (χ4n) is 1.54. The molecule has 0 aromatic heterocycles. The summed E-state index contributed by atoms with van der Waals surface area (Å²) in [7, 11) is 0. The molecular weight excluding hydrogens is 268 g/mol. The van der Waals surface area contributed by atoms with E-state index in [2.05, 4.69) is 5.32 Å². The van der Waals surface area contributed by atoms with Gasteiger partial charge in [-0.25, -0.2) is 8.78 Å². The molecule has 2 aromatic rings. The third-order valence-corrected chi connectivity index (χ3v) is 2.34.